The van der Waals surface area contributed by atoms with Crippen LogP contribution in [0.15, 0.2) is 42.5 Å². The summed E-state index contributed by atoms with van der Waals surface area (Å²) >= 11 is 0. The highest BCUT2D eigenvalue weighted by molar-refractivity contribution is 5.96. The van der Waals surface area contributed by atoms with Gasteiger partial charge < -0.3 is 14.8 Å². The standard InChI is InChI=1S/C23H29NO4/c1-15(2)20-8-6-7-16(3)22(20)24-23(26)17(4)28-21(25)14-11-18-9-12-19(27-5)13-10-18/h6-10,12-13,15,17H,11,14H2,1-5H3,(H,24,26)/t17-/m0/s1. The maximum atomic E-state index is 12.5. The second kappa shape index (κ2) is 9.93. The molecule has 150 valence electrons. The molecule has 0 bridgehead atoms. The lowest BCUT2D eigenvalue weighted by Crippen LogP contribution is -2.30. The van der Waals surface area contributed by atoms with Gasteiger partial charge in [-0.1, -0.05) is 44.2 Å². The highest BCUT2D eigenvalue weighted by Crippen LogP contribution is 2.27. The van der Waals surface area contributed by atoms with Gasteiger partial charge in [0.25, 0.3) is 5.91 Å². The molecule has 1 amide bonds. The van der Waals surface area contributed by atoms with Crippen molar-refractivity contribution in [3.63, 3.8) is 0 Å². The van der Waals surface area contributed by atoms with Crippen molar-refractivity contribution in [1.82, 2.24) is 0 Å². The van der Waals surface area contributed by atoms with Gasteiger partial charge in [-0.2, -0.15) is 0 Å². The lowest BCUT2D eigenvalue weighted by atomic mass is 9.98. The fourth-order valence-corrected chi connectivity index (χ4v) is 2.92. The summed E-state index contributed by atoms with van der Waals surface area (Å²) in [7, 11) is 1.61. The van der Waals surface area contributed by atoms with Gasteiger partial charge in [0.2, 0.25) is 0 Å². The van der Waals surface area contributed by atoms with Gasteiger partial charge in [0.15, 0.2) is 6.10 Å². The van der Waals surface area contributed by atoms with Crippen molar-refractivity contribution in [3.05, 3.63) is 59.2 Å². The van der Waals surface area contributed by atoms with E-state index in [-0.39, 0.29) is 18.2 Å². The zero-order chi connectivity index (χ0) is 20.7. The number of esters is 1. The summed E-state index contributed by atoms with van der Waals surface area (Å²) in [6, 6.07) is 13.5. The van der Waals surface area contributed by atoms with Crippen LogP contribution >= 0.6 is 0 Å². The first-order valence-electron chi connectivity index (χ1n) is 9.54. The molecular weight excluding hydrogens is 354 g/mol. The molecule has 2 rings (SSSR count). The molecule has 1 atom stereocenters. The summed E-state index contributed by atoms with van der Waals surface area (Å²) in [4.78, 5) is 24.6. The number of hydrogen-bond acceptors (Lipinski definition) is 4. The molecule has 0 aromatic heterocycles. The normalized spacial score (nSPS) is 11.8. The van der Waals surface area contributed by atoms with E-state index in [0.29, 0.717) is 6.42 Å². The molecular formula is C23H29NO4. The molecule has 28 heavy (non-hydrogen) atoms. The van der Waals surface area contributed by atoms with E-state index in [1.807, 2.05) is 49.4 Å². The number of hydrogen-bond donors (Lipinski definition) is 1. The number of ether oxygens (including phenoxy) is 2. The molecule has 0 saturated carbocycles. The Balaban J connectivity index is 1.90. The number of nitrogens with one attached hydrogen (secondary N) is 1. The van der Waals surface area contributed by atoms with Gasteiger partial charge in [-0.25, -0.2) is 0 Å². The summed E-state index contributed by atoms with van der Waals surface area (Å²) in [5, 5.41) is 2.92. The van der Waals surface area contributed by atoms with Crippen LogP contribution in [-0.2, 0) is 20.7 Å². The third-order valence-corrected chi connectivity index (χ3v) is 4.63. The summed E-state index contributed by atoms with van der Waals surface area (Å²) in [5.74, 6) is 0.326. The van der Waals surface area contributed by atoms with Crippen LogP contribution in [-0.4, -0.2) is 25.1 Å². The molecule has 5 nitrogen and oxygen atoms in total. The fourth-order valence-electron chi connectivity index (χ4n) is 2.92. The Hall–Kier alpha value is -2.82. The minimum atomic E-state index is -0.858. The van der Waals surface area contributed by atoms with Gasteiger partial charge in [-0.05, 0) is 55.0 Å². The largest absolute Gasteiger partial charge is 0.497 e. The summed E-state index contributed by atoms with van der Waals surface area (Å²) < 4.78 is 10.4. The van der Waals surface area contributed by atoms with Crippen molar-refractivity contribution in [2.45, 2.75) is 52.6 Å². The first-order chi connectivity index (χ1) is 13.3. The van der Waals surface area contributed by atoms with E-state index < -0.39 is 12.1 Å². The maximum Gasteiger partial charge on any atom is 0.306 e. The van der Waals surface area contributed by atoms with Crippen LogP contribution in [0.5, 0.6) is 5.75 Å². The second-order valence-electron chi connectivity index (χ2n) is 7.16. The van der Waals surface area contributed by atoms with Crippen molar-refractivity contribution in [2.75, 3.05) is 12.4 Å². The van der Waals surface area contributed by atoms with Crippen LogP contribution in [0, 0.1) is 6.92 Å². The van der Waals surface area contributed by atoms with Gasteiger partial charge in [0, 0.05) is 12.1 Å². The fraction of sp³-hybridized carbons (Fsp3) is 0.391. The van der Waals surface area contributed by atoms with Crippen molar-refractivity contribution in [1.29, 1.82) is 0 Å². The minimum absolute atomic E-state index is 0.214. The van der Waals surface area contributed by atoms with E-state index in [1.165, 1.54) is 0 Å². The maximum absolute atomic E-state index is 12.5. The summed E-state index contributed by atoms with van der Waals surface area (Å²) in [6.45, 7) is 7.70. The van der Waals surface area contributed by atoms with Crippen molar-refractivity contribution in [3.8, 4) is 5.75 Å². The number of para-hydroxylation sites is 1. The minimum Gasteiger partial charge on any atom is -0.497 e. The van der Waals surface area contributed by atoms with Crippen LogP contribution in [0.2, 0.25) is 0 Å². The van der Waals surface area contributed by atoms with E-state index in [2.05, 4.69) is 19.2 Å². The zero-order valence-electron chi connectivity index (χ0n) is 17.2. The quantitative estimate of drug-likeness (QED) is 0.675. The number of carbonyl (C=O) groups excluding carboxylic acids is 2. The summed E-state index contributed by atoms with van der Waals surface area (Å²) in [6.07, 6.45) is -0.0964. The predicted molar refractivity (Wildman–Crippen MR) is 111 cm³/mol. The Morgan fingerprint density at radius 3 is 2.32 bits per heavy atom. The highest BCUT2D eigenvalue weighted by Gasteiger charge is 2.20. The topological polar surface area (TPSA) is 64.6 Å². The average molecular weight is 383 g/mol. The third kappa shape index (κ3) is 5.84. The van der Waals surface area contributed by atoms with E-state index in [4.69, 9.17) is 9.47 Å². The molecule has 0 aliphatic heterocycles. The zero-order valence-corrected chi connectivity index (χ0v) is 17.2. The Morgan fingerprint density at radius 2 is 1.71 bits per heavy atom. The number of methoxy groups -OCH3 is 1. The lowest BCUT2D eigenvalue weighted by molar-refractivity contribution is -0.153. The highest BCUT2D eigenvalue weighted by atomic mass is 16.5. The predicted octanol–water partition coefficient (Wildman–Crippen LogP) is 4.63. The number of rotatable bonds is 8. The molecule has 1 N–H and O–H groups in total. The molecule has 2 aromatic rings. The van der Waals surface area contributed by atoms with Gasteiger partial charge >= 0.3 is 5.97 Å². The second-order valence-corrected chi connectivity index (χ2v) is 7.16. The molecule has 0 aliphatic rings. The van der Waals surface area contributed by atoms with Crippen molar-refractivity contribution >= 4 is 17.6 Å². The van der Waals surface area contributed by atoms with E-state index >= 15 is 0 Å². The summed E-state index contributed by atoms with van der Waals surface area (Å²) in [5.41, 5.74) is 3.85. The van der Waals surface area contributed by atoms with Gasteiger partial charge in [0.05, 0.1) is 7.11 Å². The Labute approximate surface area is 167 Å². The average Bonchev–Trinajstić information content (AvgIpc) is 2.67. The van der Waals surface area contributed by atoms with Crippen molar-refractivity contribution in [2.24, 2.45) is 0 Å². The SMILES string of the molecule is COc1ccc(CCC(=O)O[C@@H](C)C(=O)Nc2c(C)cccc2C(C)C)cc1. The van der Waals surface area contributed by atoms with E-state index in [1.54, 1.807) is 14.0 Å². The van der Waals surface area contributed by atoms with Crippen LogP contribution < -0.4 is 10.1 Å². The molecule has 0 heterocycles. The number of amides is 1. The number of benzene rings is 2. The number of aryl methyl sites for hydroxylation is 2. The first kappa shape index (κ1) is 21.5. The molecule has 0 unspecified atom stereocenters. The molecule has 0 fully saturated rings. The van der Waals surface area contributed by atoms with Crippen molar-refractivity contribution < 1.29 is 19.1 Å². The molecule has 2 aromatic carbocycles. The van der Waals surface area contributed by atoms with E-state index in [9.17, 15) is 9.59 Å². The van der Waals surface area contributed by atoms with Gasteiger partial charge in [-0.15, -0.1) is 0 Å². The first-order valence-corrected chi connectivity index (χ1v) is 9.54. The van der Waals surface area contributed by atoms with Crippen LogP contribution in [0.3, 0.4) is 0 Å². The molecule has 0 spiro atoms. The molecule has 0 radical (unpaired) electrons. The molecule has 5 heteroatoms. The lowest BCUT2D eigenvalue weighted by Gasteiger charge is -2.19. The Kier molecular flexibility index (Phi) is 7.61. The molecule has 0 saturated heterocycles. The van der Waals surface area contributed by atoms with Gasteiger partial charge in [0.1, 0.15) is 5.75 Å². The number of carbonyl (C=O) groups is 2. The van der Waals surface area contributed by atoms with Gasteiger partial charge in [-0.3, -0.25) is 9.59 Å². The van der Waals surface area contributed by atoms with Crippen LogP contribution in [0.1, 0.15) is 49.8 Å². The Bertz CT molecular complexity index is 812. The third-order valence-electron chi connectivity index (χ3n) is 4.63. The number of anilines is 1. The monoisotopic (exact) mass is 383 g/mol. The smallest absolute Gasteiger partial charge is 0.306 e. The van der Waals surface area contributed by atoms with Crippen LogP contribution in [0.4, 0.5) is 5.69 Å². The Morgan fingerprint density at radius 1 is 1.04 bits per heavy atom. The van der Waals surface area contributed by atoms with Crippen LogP contribution in [0.25, 0.3) is 0 Å². The van der Waals surface area contributed by atoms with E-state index in [0.717, 1.165) is 28.1 Å². The molecule has 0 aliphatic carbocycles.